The number of hydrogen-bond acceptors (Lipinski definition) is 6. The van der Waals surface area contributed by atoms with Crippen LogP contribution in [0, 0.1) is 0 Å². The third-order valence-electron chi connectivity index (χ3n) is 2.81. The first-order valence-corrected chi connectivity index (χ1v) is 6.41. The van der Waals surface area contributed by atoms with Crippen LogP contribution in [0.3, 0.4) is 0 Å². The summed E-state index contributed by atoms with van der Waals surface area (Å²) in [6, 6.07) is 2.98. The summed E-state index contributed by atoms with van der Waals surface area (Å²) >= 11 is 0. The number of ether oxygens (including phenoxy) is 3. The standard InChI is InChI=1S/C14H20N2O5.ClH/c1-19-11-7-9(14(18)21-3)10(8-12(11)20-2)16-13(17)5-4-6-15;/h7-8H,4-6,15H2,1-3H3,(H,16,17);1H. The molecule has 0 fully saturated rings. The molecule has 0 radical (unpaired) electrons. The normalized spacial score (nSPS) is 9.45. The average molecular weight is 333 g/mol. The second kappa shape index (κ2) is 9.86. The summed E-state index contributed by atoms with van der Waals surface area (Å²) in [5.74, 6) is -0.0416. The summed E-state index contributed by atoms with van der Waals surface area (Å²) in [6.07, 6.45) is 0.831. The largest absolute Gasteiger partial charge is 0.493 e. The lowest BCUT2D eigenvalue weighted by atomic mass is 10.1. The van der Waals surface area contributed by atoms with Gasteiger partial charge in [-0.05, 0) is 13.0 Å². The molecule has 0 heterocycles. The average Bonchev–Trinajstić information content (AvgIpc) is 2.51. The molecule has 0 bridgehead atoms. The van der Waals surface area contributed by atoms with Gasteiger partial charge in [-0.1, -0.05) is 0 Å². The number of anilines is 1. The lowest BCUT2D eigenvalue weighted by molar-refractivity contribution is -0.116. The Morgan fingerprint density at radius 1 is 1.14 bits per heavy atom. The van der Waals surface area contributed by atoms with E-state index < -0.39 is 5.97 Å². The topological polar surface area (TPSA) is 99.9 Å². The van der Waals surface area contributed by atoms with Crippen molar-refractivity contribution in [1.82, 2.24) is 0 Å². The summed E-state index contributed by atoms with van der Waals surface area (Å²) in [5.41, 5.74) is 5.86. The molecule has 0 aliphatic carbocycles. The maximum absolute atomic E-state index is 11.8. The molecule has 3 N–H and O–H groups in total. The number of methoxy groups -OCH3 is 3. The Bertz CT molecular complexity index is 522. The molecule has 1 amide bonds. The Morgan fingerprint density at radius 3 is 2.23 bits per heavy atom. The van der Waals surface area contributed by atoms with E-state index in [4.69, 9.17) is 19.9 Å². The predicted molar refractivity (Wildman–Crippen MR) is 85.1 cm³/mol. The Labute approximate surface area is 135 Å². The van der Waals surface area contributed by atoms with Gasteiger partial charge in [-0.2, -0.15) is 0 Å². The molecule has 8 heteroatoms. The molecular weight excluding hydrogens is 312 g/mol. The van der Waals surface area contributed by atoms with Gasteiger partial charge in [-0.3, -0.25) is 4.79 Å². The molecule has 7 nitrogen and oxygen atoms in total. The first-order valence-electron chi connectivity index (χ1n) is 6.41. The van der Waals surface area contributed by atoms with E-state index in [1.54, 1.807) is 0 Å². The van der Waals surface area contributed by atoms with E-state index in [1.165, 1.54) is 33.5 Å². The zero-order valence-corrected chi connectivity index (χ0v) is 13.6. The van der Waals surface area contributed by atoms with Crippen molar-refractivity contribution in [2.24, 2.45) is 5.73 Å². The molecule has 22 heavy (non-hydrogen) atoms. The third kappa shape index (κ3) is 5.09. The second-order valence-corrected chi connectivity index (χ2v) is 4.18. The van der Waals surface area contributed by atoms with Gasteiger partial charge in [0.1, 0.15) is 0 Å². The van der Waals surface area contributed by atoms with Crippen LogP contribution in [0.5, 0.6) is 11.5 Å². The lowest BCUT2D eigenvalue weighted by Crippen LogP contribution is -2.16. The molecule has 1 aromatic rings. The maximum Gasteiger partial charge on any atom is 0.340 e. The number of esters is 1. The van der Waals surface area contributed by atoms with Crippen LogP contribution < -0.4 is 20.5 Å². The number of carbonyl (C=O) groups is 2. The van der Waals surface area contributed by atoms with Gasteiger partial charge in [-0.25, -0.2) is 4.79 Å². The number of halogens is 1. The molecule has 124 valence electrons. The van der Waals surface area contributed by atoms with Crippen molar-refractivity contribution in [2.45, 2.75) is 12.8 Å². The van der Waals surface area contributed by atoms with Crippen molar-refractivity contribution < 1.29 is 23.8 Å². The fraction of sp³-hybridized carbons (Fsp3) is 0.429. The summed E-state index contributed by atoms with van der Waals surface area (Å²) in [6.45, 7) is 0.420. The minimum Gasteiger partial charge on any atom is -0.493 e. The zero-order chi connectivity index (χ0) is 15.8. The summed E-state index contributed by atoms with van der Waals surface area (Å²) < 4.78 is 15.0. The van der Waals surface area contributed by atoms with Crippen molar-refractivity contribution in [3.63, 3.8) is 0 Å². The van der Waals surface area contributed by atoms with Crippen molar-refractivity contribution in [2.75, 3.05) is 33.2 Å². The van der Waals surface area contributed by atoms with Gasteiger partial charge in [0, 0.05) is 18.6 Å². The van der Waals surface area contributed by atoms with Gasteiger partial charge in [0.2, 0.25) is 5.91 Å². The van der Waals surface area contributed by atoms with Crippen LogP contribution in [-0.2, 0) is 9.53 Å². The van der Waals surface area contributed by atoms with Crippen molar-refractivity contribution >= 4 is 30.0 Å². The predicted octanol–water partition coefficient (Wildman–Crippen LogP) is 1.59. The van der Waals surface area contributed by atoms with Gasteiger partial charge < -0.3 is 25.3 Å². The highest BCUT2D eigenvalue weighted by molar-refractivity contribution is 6.02. The van der Waals surface area contributed by atoms with Gasteiger partial charge in [-0.15, -0.1) is 12.4 Å². The number of rotatable bonds is 7. The van der Waals surface area contributed by atoms with Crippen molar-refractivity contribution in [3.05, 3.63) is 17.7 Å². The fourth-order valence-electron chi connectivity index (χ4n) is 1.74. The number of carbonyl (C=O) groups excluding carboxylic acids is 2. The molecule has 1 rings (SSSR count). The quantitative estimate of drug-likeness (QED) is 0.735. The molecule has 0 aliphatic rings. The summed E-state index contributed by atoms with van der Waals surface area (Å²) in [4.78, 5) is 23.6. The van der Waals surface area contributed by atoms with Crippen LogP contribution in [0.4, 0.5) is 5.69 Å². The van der Waals surface area contributed by atoms with Gasteiger partial charge in [0.05, 0.1) is 32.6 Å². The van der Waals surface area contributed by atoms with Crippen LogP contribution in [-0.4, -0.2) is 39.8 Å². The van der Waals surface area contributed by atoms with Gasteiger partial charge >= 0.3 is 5.97 Å². The minimum absolute atomic E-state index is 0. The summed E-state index contributed by atoms with van der Waals surface area (Å²) in [7, 11) is 4.19. The molecule has 0 saturated carbocycles. The molecule has 0 saturated heterocycles. The van der Waals surface area contributed by atoms with E-state index >= 15 is 0 Å². The first-order chi connectivity index (χ1) is 10.1. The molecule has 1 aromatic carbocycles. The molecule has 0 unspecified atom stereocenters. The van der Waals surface area contributed by atoms with E-state index in [0.717, 1.165) is 0 Å². The van der Waals surface area contributed by atoms with E-state index in [1.807, 2.05) is 0 Å². The Kier molecular flexibility index (Phi) is 8.97. The summed E-state index contributed by atoms with van der Waals surface area (Å²) in [5, 5.41) is 2.66. The zero-order valence-electron chi connectivity index (χ0n) is 12.8. The van der Waals surface area contributed by atoms with Crippen LogP contribution in [0.15, 0.2) is 12.1 Å². The Balaban J connectivity index is 0.00000441. The van der Waals surface area contributed by atoms with Crippen LogP contribution in [0.2, 0.25) is 0 Å². The van der Waals surface area contributed by atoms with E-state index in [9.17, 15) is 9.59 Å². The number of amides is 1. The number of benzene rings is 1. The fourth-order valence-corrected chi connectivity index (χ4v) is 1.74. The van der Waals surface area contributed by atoms with Gasteiger partial charge in [0.15, 0.2) is 11.5 Å². The van der Waals surface area contributed by atoms with Crippen LogP contribution >= 0.6 is 12.4 Å². The van der Waals surface area contributed by atoms with E-state index in [2.05, 4.69) is 5.32 Å². The maximum atomic E-state index is 11.8. The molecular formula is C14H21ClN2O5. The molecule has 0 spiro atoms. The number of hydrogen-bond donors (Lipinski definition) is 2. The lowest BCUT2D eigenvalue weighted by Gasteiger charge is -2.14. The monoisotopic (exact) mass is 332 g/mol. The van der Waals surface area contributed by atoms with Gasteiger partial charge in [0.25, 0.3) is 0 Å². The number of nitrogens with one attached hydrogen (secondary N) is 1. The Morgan fingerprint density at radius 2 is 1.73 bits per heavy atom. The molecule has 0 atom stereocenters. The first kappa shape index (κ1) is 20.0. The smallest absolute Gasteiger partial charge is 0.340 e. The highest BCUT2D eigenvalue weighted by atomic mass is 35.5. The van der Waals surface area contributed by atoms with E-state index in [-0.39, 0.29) is 30.3 Å². The van der Waals surface area contributed by atoms with Crippen molar-refractivity contribution in [1.29, 1.82) is 0 Å². The van der Waals surface area contributed by atoms with Crippen LogP contribution in [0.25, 0.3) is 0 Å². The van der Waals surface area contributed by atoms with Crippen molar-refractivity contribution in [3.8, 4) is 11.5 Å². The molecule has 0 aromatic heterocycles. The highest BCUT2D eigenvalue weighted by Gasteiger charge is 2.18. The SMILES string of the molecule is COC(=O)c1cc(OC)c(OC)cc1NC(=O)CCCN.Cl. The molecule has 0 aliphatic heterocycles. The third-order valence-corrected chi connectivity index (χ3v) is 2.81. The second-order valence-electron chi connectivity index (χ2n) is 4.18. The van der Waals surface area contributed by atoms with E-state index in [0.29, 0.717) is 30.2 Å². The Hall–Kier alpha value is -1.99. The highest BCUT2D eigenvalue weighted by Crippen LogP contribution is 2.33. The minimum atomic E-state index is -0.579. The van der Waals surface area contributed by atoms with Crippen LogP contribution in [0.1, 0.15) is 23.2 Å². The number of nitrogens with two attached hydrogens (primary N) is 1.